The van der Waals surface area contributed by atoms with Crippen molar-refractivity contribution < 1.29 is 9.53 Å². The van der Waals surface area contributed by atoms with E-state index in [1.807, 2.05) is 0 Å². The fourth-order valence-corrected chi connectivity index (χ4v) is 4.77. The standard InChI is InChI=1S/C19H24N2O2/c1-4-21-10-12(19(22)23-3)8-15-13-6-5-7-16-18(13)14(9-17(15)21)11(2)20-16/h5-7,12,15,17,20H,4,8-10H2,1-3H3/t12-,15-,17-/m1/s1. The van der Waals surface area contributed by atoms with Crippen LogP contribution < -0.4 is 0 Å². The van der Waals surface area contributed by atoms with Crippen LogP contribution in [0.1, 0.15) is 36.1 Å². The Bertz CT molecular complexity index is 764. The highest BCUT2D eigenvalue weighted by Gasteiger charge is 2.42. The van der Waals surface area contributed by atoms with Gasteiger partial charge < -0.3 is 9.72 Å². The molecule has 1 aromatic carbocycles. The smallest absolute Gasteiger partial charge is 0.309 e. The molecule has 1 fully saturated rings. The van der Waals surface area contributed by atoms with Crippen LogP contribution in [0.2, 0.25) is 0 Å². The lowest BCUT2D eigenvalue weighted by Crippen LogP contribution is -2.51. The second-order valence-corrected chi connectivity index (χ2v) is 6.92. The van der Waals surface area contributed by atoms with Crippen molar-refractivity contribution in [1.82, 2.24) is 9.88 Å². The molecule has 2 aromatic rings. The molecule has 1 aromatic heterocycles. The summed E-state index contributed by atoms with van der Waals surface area (Å²) < 4.78 is 5.04. The van der Waals surface area contributed by atoms with Crippen molar-refractivity contribution in [1.29, 1.82) is 0 Å². The first-order valence-corrected chi connectivity index (χ1v) is 8.56. The summed E-state index contributed by atoms with van der Waals surface area (Å²) in [7, 11) is 1.50. The van der Waals surface area contributed by atoms with E-state index >= 15 is 0 Å². The molecule has 3 atom stereocenters. The Hall–Kier alpha value is -1.81. The van der Waals surface area contributed by atoms with E-state index in [4.69, 9.17) is 4.74 Å². The number of piperidine rings is 1. The van der Waals surface area contributed by atoms with E-state index in [2.05, 4.69) is 41.9 Å². The van der Waals surface area contributed by atoms with Gasteiger partial charge in [-0.25, -0.2) is 0 Å². The summed E-state index contributed by atoms with van der Waals surface area (Å²) in [5.74, 6) is 0.336. The Morgan fingerprint density at radius 2 is 2.26 bits per heavy atom. The number of carbonyl (C=O) groups excluding carboxylic acids is 1. The number of H-pyrrole nitrogens is 1. The first kappa shape index (κ1) is 14.8. The number of hydrogen-bond donors (Lipinski definition) is 1. The summed E-state index contributed by atoms with van der Waals surface area (Å²) in [4.78, 5) is 18.2. The lowest BCUT2D eigenvalue weighted by Gasteiger charge is -2.46. The number of likely N-dealkylation sites (N-methyl/N-ethyl adjacent to an activating group) is 1. The molecule has 23 heavy (non-hydrogen) atoms. The molecular weight excluding hydrogens is 288 g/mol. The molecule has 4 heteroatoms. The summed E-state index contributed by atoms with van der Waals surface area (Å²) in [6, 6.07) is 7.04. The SMILES string of the molecule is CCN1C[C@H](C(=O)OC)C[C@@H]2c3cccc4[nH]c(C)c(c34)C[C@H]21. The van der Waals surface area contributed by atoms with E-state index in [9.17, 15) is 4.79 Å². The number of carbonyl (C=O) groups is 1. The van der Waals surface area contributed by atoms with Crippen LogP contribution in [-0.2, 0) is 16.0 Å². The van der Waals surface area contributed by atoms with E-state index < -0.39 is 0 Å². The van der Waals surface area contributed by atoms with Crippen LogP contribution in [0.5, 0.6) is 0 Å². The molecule has 0 saturated carbocycles. The van der Waals surface area contributed by atoms with Gasteiger partial charge in [0.05, 0.1) is 13.0 Å². The number of aryl methyl sites for hydroxylation is 1. The van der Waals surface area contributed by atoms with Crippen molar-refractivity contribution in [3.05, 3.63) is 35.0 Å². The van der Waals surface area contributed by atoms with Gasteiger partial charge in [0.2, 0.25) is 0 Å². The molecule has 2 heterocycles. The molecule has 0 amide bonds. The number of aromatic nitrogens is 1. The number of fused-ring (bicyclic) bond motifs is 2. The lowest BCUT2D eigenvalue weighted by molar-refractivity contribution is -0.148. The zero-order chi connectivity index (χ0) is 16.1. The summed E-state index contributed by atoms with van der Waals surface area (Å²) in [5.41, 5.74) is 5.39. The maximum Gasteiger partial charge on any atom is 0.309 e. The van der Waals surface area contributed by atoms with Crippen molar-refractivity contribution in [2.24, 2.45) is 5.92 Å². The van der Waals surface area contributed by atoms with Gasteiger partial charge in [0.25, 0.3) is 0 Å². The van der Waals surface area contributed by atoms with Gasteiger partial charge in [0.1, 0.15) is 0 Å². The number of nitrogens with one attached hydrogen (secondary N) is 1. The fourth-order valence-electron chi connectivity index (χ4n) is 4.77. The first-order chi connectivity index (χ1) is 11.1. The number of rotatable bonds is 2. The molecule has 0 radical (unpaired) electrons. The van der Waals surface area contributed by atoms with Gasteiger partial charge in [0, 0.05) is 35.1 Å². The normalized spacial score (nSPS) is 27.0. The molecule has 4 rings (SSSR count). The molecule has 1 aliphatic carbocycles. The van der Waals surface area contributed by atoms with Crippen molar-refractivity contribution >= 4 is 16.9 Å². The molecule has 0 spiro atoms. The van der Waals surface area contributed by atoms with Crippen LogP contribution in [0.3, 0.4) is 0 Å². The molecule has 0 unspecified atom stereocenters. The average molecular weight is 312 g/mol. The Kier molecular flexibility index (Phi) is 3.45. The van der Waals surface area contributed by atoms with Crippen molar-refractivity contribution in [3.63, 3.8) is 0 Å². The Labute approximate surface area is 136 Å². The van der Waals surface area contributed by atoms with Crippen LogP contribution in [0.25, 0.3) is 10.9 Å². The summed E-state index contributed by atoms with van der Waals surface area (Å²) >= 11 is 0. The number of benzene rings is 1. The molecule has 1 N–H and O–H groups in total. The third-order valence-corrected chi connectivity index (χ3v) is 5.85. The Morgan fingerprint density at radius 3 is 3.00 bits per heavy atom. The third-order valence-electron chi connectivity index (χ3n) is 5.85. The molecule has 1 aliphatic heterocycles. The number of methoxy groups -OCH3 is 1. The largest absolute Gasteiger partial charge is 0.469 e. The minimum absolute atomic E-state index is 0.0157. The first-order valence-electron chi connectivity index (χ1n) is 8.56. The third kappa shape index (κ3) is 2.12. The van der Waals surface area contributed by atoms with Gasteiger partial charge in [-0.1, -0.05) is 19.1 Å². The zero-order valence-electron chi connectivity index (χ0n) is 14.1. The average Bonchev–Trinajstić information content (AvgIpc) is 2.90. The van der Waals surface area contributed by atoms with Crippen LogP contribution in [0.15, 0.2) is 18.2 Å². The van der Waals surface area contributed by atoms with E-state index in [0.717, 1.165) is 25.9 Å². The van der Waals surface area contributed by atoms with E-state index in [-0.39, 0.29) is 11.9 Å². The van der Waals surface area contributed by atoms with Gasteiger partial charge in [-0.2, -0.15) is 0 Å². The number of hydrogen-bond acceptors (Lipinski definition) is 3. The maximum atomic E-state index is 12.1. The Morgan fingerprint density at radius 1 is 1.43 bits per heavy atom. The lowest BCUT2D eigenvalue weighted by atomic mass is 9.72. The second kappa shape index (κ2) is 5.38. The Balaban J connectivity index is 1.83. The summed E-state index contributed by atoms with van der Waals surface area (Å²) in [5, 5.41) is 1.40. The maximum absolute atomic E-state index is 12.1. The van der Waals surface area contributed by atoms with E-state index in [1.165, 1.54) is 34.8 Å². The minimum atomic E-state index is -0.0647. The number of nitrogens with zero attached hydrogens (tertiary/aromatic N) is 1. The number of ether oxygens (including phenoxy) is 1. The fraction of sp³-hybridized carbons (Fsp3) is 0.526. The van der Waals surface area contributed by atoms with Gasteiger partial charge in [-0.05, 0) is 43.5 Å². The summed E-state index contributed by atoms with van der Waals surface area (Å²) in [6.07, 6.45) is 1.98. The highest BCUT2D eigenvalue weighted by molar-refractivity contribution is 5.89. The van der Waals surface area contributed by atoms with E-state index in [0.29, 0.717) is 12.0 Å². The number of likely N-dealkylation sites (tertiary alicyclic amines) is 1. The molecule has 122 valence electrons. The highest BCUT2D eigenvalue weighted by atomic mass is 16.5. The molecule has 4 nitrogen and oxygen atoms in total. The molecule has 2 aliphatic rings. The van der Waals surface area contributed by atoms with Gasteiger partial charge >= 0.3 is 5.97 Å². The molecular formula is C19H24N2O2. The van der Waals surface area contributed by atoms with Gasteiger partial charge in [0.15, 0.2) is 0 Å². The quantitative estimate of drug-likeness (QED) is 0.867. The van der Waals surface area contributed by atoms with Crippen LogP contribution >= 0.6 is 0 Å². The van der Waals surface area contributed by atoms with Gasteiger partial charge in [-0.15, -0.1) is 0 Å². The summed E-state index contributed by atoms with van der Waals surface area (Å²) in [6.45, 7) is 6.16. The molecule has 1 saturated heterocycles. The number of aromatic amines is 1. The van der Waals surface area contributed by atoms with Crippen LogP contribution in [0.4, 0.5) is 0 Å². The predicted octanol–water partition coefficient (Wildman–Crippen LogP) is 3.00. The van der Waals surface area contributed by atoms with E-state index in [1.54, 1.807) is 0 Å². The van der Waals surface area contributed by atoms with Crippen LogP contribution in [0, 0.1) is 12.8 Å². The number of esters is 1. The molecule has 0 bridgehead atoms. The monoisotopic (exact) mass is 312 g/mol. The topological polar surface area (TPSA) is 45.3 Å². The zero-order valence-corrected chi connectivity index (χ0v) is 14.1. The van der Waals surface area contributed by atoms with Gasteiger partial charge in [-0.3, -0.25) is 9.69 Å². The second-order valence-electron chi connectivity index (χ2n) is 6.92. The van der Waals surface area contributed by atoms with Crippen molar-refractivity contribution in [2.75, 3.05) is 20.2 Å². The highest BCUT2D eigenvalue weighted by Crippen LogP contribution is 2.45. The van der Waals surface area contributed by atoms with Crippen molar-refractivity contribution in [3.8, 4) is 0 Å². The minimum Gasteiger partial charge on any atom is -0.469 e. The van der Waals surface area contributed by atoms with Crippen LogP contribution in [-0.4, -0.2) is 42.1 Å². The predicted molar refractivity (Wildman–Crippen MR) is 90.6 cm³/mol. The van der Waals surface area contributed by atoms with Crippen molar-refractivity contribution in [2.45, 2.75) is 38.6 Å².